The molecule has 3 rings (SSSR count). The second-order valence-corrected chi connectivity index (χ2v) is 5.61. The normalized spacial score (nSPS) is 14.9. The first kappa shape index (κ1) is 11.8. The number of tetrazole rings is 1. The Morgan fingerprint density at radius 3 is 3.00 bits per heavy atom. The van der Waals surface area contributed by atoms with Gasteiger partial charge in [0.1, 0.15) is 0 Å². The summed E-state index contributed by atoms with van der Waals surface area (Å²) < 4.78 is 1.90. The molecular formula is C11H12ClN5S. The van der Waals surface area contributed by atoms with Crippen molar-refractivity contribution in [2.45, 2.75) is 29.5 Å². The number of benzene rings is 1. The van der Waals surface area contributed by atoms with Gasteiger partial charge in [0.15, 0.2) is 5.82 Å². The van der Waals surface area contributed by atoms with Gasteiger partial charge in [0.2, 0.25) is 0 Å². The molecule has 0 radical (unpaired) electrons. The van der Waals surface area contributed by atoms with E-state index in [-0.39, 0.29) is 0 Å². The van der Waals surface area contributed by atoms with E-state index in [1.54, 1.807) is 11.8 Å². The standard InChI is InChI=1S/C11H12ClN5S/c12-8-2-1-3-9(13)11(8)18-6-10-14-15-16-17(10)7-4-5-7/h1-3,7H,4-6,13H2. The molecule has 2 aromatic rings. The quantitative estimate of drug-likeness (QED) is 0.689. The molecule has 1 fully saturated rings. The third kappa shape index (κ3) is 2.30. The Bertz CT molecular complexity index is 546. The van der Waals surface area contributed by atoms with E-state index in [1.807, 2.05) is 22.9 Å². The molecular weight excluding hydrogens is 270 g/mol. The van der Waals surface area contributed by atoms with Crippen LogP contribution in [0.25, 0.3) is 0 Å². The zero-order valence-corrected chi connectivity index (χ0v) is 11.2. The maximum atomic E-state index is 6.13. The average molecular weight is 282 g/mol. The lowest BCUT2D eigenvalue weighted by Gasteiger charge is -2.07. The minimum atomic E-state index is 0.485. The zero-order valence-electron chi connectivity index (χ0n) is 9.58. The molecule has 1 aliphatic carbocycles. The number of aromatic nitrogens is 4. The molecule has 0 aliphatic heterocycles. The molecule has 1 aliphatic rings. The smallest absolute Gasteiger partial charge is 0.161 e. The van der Waals surface area contributed by atoms with Gasteiger partial charge >= 0.3 is 0 Å². The number of nitrogen functional groups attached to an aromatic ring is 1. The summed E-state index contributed by atoms with van der Waals surface area (Å²) in [5, 5.41) is 12.5. The average Bonchev–Trinajstić information content (AvgIpc) is 3.09. The highest BCUT2D eigenvalue weighted by molar-refractivity contribution is 7.98. The number of hydrogen-bond acceptors (Lipinski definition) is 5. The van der Waals surface area contributed by atoms with Crippen LogP contribution in [-0.2, 0) is 5.75 Å². The van der Waals surface area contributed by atoms with Crippen molar-refractivity contribution in [1.82, 2.24) is 20.2 Å². The van der Waals surface area contributed by atoms with Gasteiger partial charge in [0.25, 0.3) is 0 Å². The van der Waals surface area contributed by atoms with Crippen molar-refractivity contribution in [3.63, 3.8) is 0 Å². The topological polar surface area (TPSA) is 69.6 Å². The Morgan fingerprint density at radius 1 is 1.44 bits per heavy atom. The number of halogens is 1. The van der Waals surface area contributed by atoms with Crippen LogP contribution in [0.4, 0.5) is 5.69 Å². The molecule has 1 saturated carbocycles. The van der Waals surface area contributed by atoms with Crippen LogP contribution in [0.3, 0.4) is 0 Å². The zero-order chi connectivity index (χ0) is 12.5. The molecule has 0 bridgehead atoms. The van der Waals surface area contributed by atoms with E-state index in [1.165, 1.54) is 0 Å². The lowest BCUT2D eigenvalue weighted by Crippen LogP contribution is -2.02. The first-order valence-corrected chi connectivity index (χ1v) is 7.05. The Labute approximate surface area is 114 Å². The van der Waals surface area contributed by atoms with Crippen LogP contribution < -0.4 is 5.73 Å². The highest BCUT2D eigenvalue weighted by atomic mass is 35.5. The summed E-state index contributed by atoms with van der Waals surface area (Å²) in [6, 6.07) is 6.01. The third-order valence-corrected chi connectivity index (χ3v) is 4.37. The molecule has 2 N–H and O–H groups in total. The molecule has 1 aromatic heterocycles. The van der Waals surface area contributed by atoms with E-state index in [9.17, 15) is 0 Å². The highest BCUT2D eigenvalue weighted by Crippen LogP contribution is 2.37. The van der Waals surface area contributed by atoms with Gasteiger partial charge in [-0.25, -0.2) is 4.68 Å². The number of anilines is 1. The molecule has 7 heteroatoms. The van der Waals surface area contributed by atoms with E-state index in [2.05, 4.69) is 15.5 Å². The fraction of sp³-hybridized carbons (Fsp3) is 0.364. The van der Waals surface area contributed by atoms with E-state index < -0.39 is 0 Å². The Balaban J connectivity index is 1.76. The fourth-order valence-corrected chi connectivity index (χ4v) is 2.97. The third-order valence-electron chi connectivity index (χ3n) is 2.80. The molecule has 0 amide bonds. The summed E-state index contributed by atoms with van der Waals surface area (Å²) in [4.78, 5) is 0.893. The van der Waals surface area contributed by atoms with Crippen LogP contribution in [0.15, 0.2) is 23.1 Å². The van der Waals surface area contributed by atoms with Crippen molar-refractivity contribution in [1.29, 1.82) is 0 Å². The summed E-state index contributed by atoms with van der Waals surface area (Å²) >= 11 is 7.70. The first-order chi connectivity index (χ1) is 8.75. The van der Waals surface area contributed by atoms with Gasteiger partial charge in [-0.1, -0.05) is 17.7 Å². The first-order valence-electron chi connectivity index (χ1n) is 5.69. The molecule has 1 heterocycles. The summed E-state index contributed by atoms with van der Waals surface area (Å²) in [6.07, 6.45) is 2.33. The molecule has 0 saturated heterocycles. The molecule has 0 spiro atoms. The van der Waals surface area contributed by atoms with Crippen LogP contribution in [0.5, 0.6) is 0 Å². The molecule has 18 heavy (non-hydrogen) atoms. The summed E-state index contributed by atoms with van der Waals surface area (Å²) in [5.41, 5.74) is 6.60. The number of nitrogens with zero attached hydrogens (tertiary/aromatic N) is 4. The predicted molar refractivity (Wildman–Crippen MR) is 71.5 cm³/mol. The predicted octanol–water partition coefficient (Wildman–Crippen LogP) is 2.54. The molecule has 1 aromatic carbocycles. The molecule has 0 atom stereocenters. The number of nitrogens with two attached hydrogens (primary N) is 1. The van der Waals surface area contributed by atoms with Crippen molar-refractivity contribution < 1.29 is 0 Å². The Kier molecular flexibility index (Phi) is 3.13. The summed E-state index contributed by atoms with van der Waals surface area (Å²) in [6.45, 7) is 0. The van der Waals surface area contributed by atoms with E-state index >= 15 is 0 Å². The maximum Gasteiger partial charge on any atom is 0.161 e. The van der Waals surface area contributed by atoms with E-state index in [0.29, 0.717) is 22.5 Å². The van der Waals surface area contributed by atoms with Crippen molar-refractivity contribution in [3.8, 4) is 0 Å². The van der Waals surface area contributed by atoms with Crippen molar-refractivity contribution in [2.75, 3.05) is 5.73 Å². The van der Waals surface area contributed by atoms with Gasteiger partial charge in [-0.15, -0.1) is 16.9 Å². The maximum absolute atomic E-state index is 6.13. The van der Waals surface area contributed by atoms with E-state index in [4.69, 9.17) is 17.3 Å². The Hall–Kier alpha value is -1.27. The van der Waals surface area contributed by atoms with Gasteiger partial charge in [-0.05, 0) is 35.4 Å². The summed E-state index contributed by atoms with van der Waals surface area (Å²) in [7, 11) is 0. The van der Waals surface area contributed by atoms with Gasteiger partial charge in [0, 0.05) is 10.6 Å². The number of thioether (sulfide) groups is 1. The van der Waals surface area contributed by atoms with Gasteiger partial charge in [-0.2, -0.15) is 0 Å². The Morgan fingerprint density at radius 2 is 2.28 bits per heavy atom. The van der Waals surface area contributed by atoms with Crippen LogP contribution in [0.2, 0.25) is 5.02 Å². The summed E-state index contributed by atoms with van der Waals surface area (Å²) in [5.74, 6) is 1.55. The minimum absolute atomic E-state index is 0.485. The lowest BCUT2D eigenvalue weighted by atomic mass is 10.3. The van der Waals surface area contributed by atoms with E-state index in [0.717, 1.165) is 23.6 Å². The second-order valence-electron chi connectivity index (χ2n) is 4.22. The van der Waals surface area contributed by atoms with Gasteiger partial charge < -0.3 is 5.73 Å². The van der Waals surface area contributed by atoms with Gasteiger partial charge in [-0.3, -0.25) is 0 Å². The molecule has 0 unspecified atom stereocenters. The largest absolute Gasteiger partial charge is 0.398 e. The van der Waals surface area contributed by atoms with Gasteiger partial charge in [0.05, 0.1) is 16.8 Å². The molecule has 94 valence electrons. The van der Waals surface area contributed by atoms with Crippen LogP contribution in [0, 0.1) is 0 Å². The van der Waals surface area contributed by atoms with Crippen molar-refractivity contribution in [3.05, 3.63) is 29.0 Å². The van der Waals surface area contributed by atoms with Crippen LogP contribution in [0.1, 0.15) is 24.7 Å². The fourth-order valence-electron chi connectivity index (χ4n) is 1.72. The van der Waals surface area contributed by atoms with Crippen molar-refractivity contribution >= 4 is 29.1 Å². The second kappa shape index (κ2) is 4.78. The van der Waals surface area contributed by atoms with Crippen LogP contribution in [-0.4, -0.2) is 20.2 Å². The number of rotatable bonds is 4. The monoisotopic (exact) mass is 281 g/mol. The lowest BCUT2D eigenvalue weighted by molar-refractivity contribution is 0.593. The highest BCUT2D eigenvalue weighted by Gasteiger charge is 2.27. The molecule has 5 nitrogen and oxygen atoms in total. The number of hydrogen-bond donors (Lipinski definition) is 1. The SMILES string of the molecule is Nc1cccc(Cl)c1SCc1nnnn1C1CC1. The van der Waals surface area contributed by atoms with Crippen molar-refractivity contribution in [2.24, 2.45) is 0 Å². The van der Waals surface area contributed by atoms with Crippen LogP contribution >= 0.6 is 23.4 Å². The minimum Gasteiger partial charge on any atom is -0.398 e.